The van der Waals surface area contributed by atoms with E-state index in [0.29, 0.717) is 17.2 Å². The van der Waals surface area contributed by atoms with Gasteiger partial charge in [-0.1, -0.05) is 20.3 Å². The van der Waals surface area contributed by atoms with Gasteiger partial charge >= 0.3 is 0 Å². The molecule has 0 unspecified atom stereocenters. The number of amides is 1. The third-order valence-corrected chi connectivity index (χ3v) is 5.16. The van der Waals surface area contributed by atoms with Crippen molar-refractivity contribution in [3.63, 3.8) is 0 Å². The average molecular weight is 357 g/mol. The molecule has 3 N–H and O–H groups in total. The Morgan fingerprint density at radius 1 is 1.31 bits per heavy atom. The van der Waals surface area contributed by atoms with Crippen LogP contribution in [0.4, 0.5) is 0 Å². The fraction of sp³-hybridized carbons (Fsp3) is 0.500. The SMILES string of the molecule is CCCc1cc(=O)n(-c2ccc(C(=O)N[C@H](CC)C3CC(O)C3)cc2)[nH]1. The number of aromatic nitrogens is 2. The molecule has 1 aliphatic carbocycles. The van der Waals surface area contributed by atoms with Crippen molar-refractivity contribution in [1.29, 1.82) is 0 Å². The lowest BCUT2D eigenvalue weighted by molar-refractivity contribution is 0.0232. The van der Waals surface area contributed by atoms with E-state index in [-0.39, 0.29) is 23.6 Å². The summed E-state index contributed by atoms with van der Waals surface area (Å²) >= 11 is 0. The van der Waals surface area contributed by atoms with E-state index in [0.717, 1.165) is 37.8 Å². The number of rotatable bonds is 7. The Balaban J connectivity index is 1.69. The smallest absolute Gasteiger partial charge is 0.271 e. The van der Waals surface area contributed by atoms with Gasteiger partial charge in [0.05, 0.1) is 11.8 Å². The van der Waals surface area contributed by atoms with E-state index < -0.39 is 0 Å². The molecule has 6 heteroatoms. The van der Waals surface area contributed by atoms with Crippen molar-refractivity contribution in [1.82, 2.24) is 15.1 Å². The number of carbonyl (C=O) groups excluding carboxylic acids is 1. The number of aryl methyl sites for hydroxylation is 1. The predicted molar refractivity (Wildman–Crippen MR) is 101 cm³/mol. The molecule has 1 heterocycles. The average Bonchev–Trinajstić information content (AvgIpc) is 2.98. The van der Waals surface area contributed by atoms with Crippen molar-refractivity contribution in [3.05, 3.63) is 51.9 Å². The molecule has 3 rings (SSSR count). The standard InChI is InChI=1S/C20H27N3O3/c1-3-5-15-12-19(25)23(22-15)16-8-6-13(7-9-16)20(26)21-18(4-2)14-10-17(24)11-14/h6-9,12,14,17-18,22,24H,3-5,10-11H2,1-2H3,(H,21,26)/t14?,17?,18-/m1/s1. The van der Waals surface area contributed by atoms with Gasteiger partial charge in [0, 0.05) is 23.4 Å². The first-order valence-corrected chi connectivity index (χ1v) is 9.42. The quantitative estimate of drug-likeness (QED) is 0.711. The molecule has 1 aromatic carbocycles. The van der Waals surface area contributed by atoms with Crippen LogP contribution in [-0.4, -0.2) is 32.9 Å². The van der Waals surface area contributed by atoms with Crippen molar-refractivity contribution in [2.24, 2.45) is 5.92 Å². The summed E-state index contributed by atoms with van der Waals surface area (Å²) in [5.74, 6) is 0.239. The van der Waals surface area contributed by atoms with Crippen LogP contribution in [0.5, 0.6) is 0 Å². The highest BCUT2D eigenvalue weighted by Gasteiger charge is 2.33. The molecular formula is C20H27N3O3. The molecule has 26 heavy (non-hydrogen) atoms. The molecule has 6 nitrogen and oxygen atoms in total. The highest BCUT2D eigenvalue weighted by Crippen LogP contribution is 2.31. The Hall–Kier alpha value is -2.34. The van der Waals surface area contributed by atoms with Crippen LogP contribution in [0, 0.1) is 5.92 Å². The molecular weight excluding hydrogens is 330 g/mol. The number of H-pyrrole nitrogens is 1. The maximum atomic E-state index is 12.5. The molecule has 1 aliphatic rings. The predicted octanol–water partition coefficient (Wildman–Crippen LogP) is 2.40. The van der Waals surface area contributed by atoms with Gasteiger partial charge in [0.1, 0.15) is 0 Å². The second kappa shape index (κ2) is 7.91. The number of nitrogens with one attached hydrogen (secondary N) is 2. The minimum absolute atomic E-state index is 0.0909. The fourth-order valence-corrected chi connectivity index (χ4v) is 3.56. The lowest BCUT2D eigenvalue weighted by Crippen LogP contribution is -2.46. The maximum absolute atomic E-state index is 12.5. The van der Waals surface area contributed by atoms with Crippen molar-refractivity contribution in [2.45, 2.75) is 58.1 Å². The van der Waals surface area contributed by atoms with E-state index in [1.807, 2.05) is 6.92 Å². The molecule has 0 aliphatic heterocycles. The normalized spacial score (nSPS) is 20.4. The number of benzene rings is 1. The van der Waals surface area contributed by atoms with Crippen molar-refractivity contribution in [3.8, 4) is 5.69 Å². The summed E-state index contributed by atoms with van der Waals surface area (Å²) in [6.07, 6.45) is 3.94. The van der Waals surface area contributed by atoms with E-state index >= 15 is 0 Å². The monoisotopic (exact) mass is 357 g/mol. The number of aliphatic hydroxyl groups is 1. The van der Waals surface area contributed by atoms with Gasteiger partial charge < -0.3 is 10.4 Å². The van der Waals surface area contributed by atoms with Gasteiger partial charge in [0.2, 0.25) is 0 Å². The third kappa shape index (κ3) is 3.90. The molecule has 1 fully saturated rings. The summed E-state index contributed by atoms with van der Waals surface area (Å²) in [6.45, 7) is 4.11. The van der Waals surface area contributed by atoms with E-state index in [9.17, 15) is 14.7 Å². The van der Waals surface area contributed by atoms with Crippen LogP contribution in [-0.2, 0) is 6.42 Å². The van der Waals surface area contributed by atoms with Crippen LogP contribution in [0.1, 0.15) is 55.6 Å². The molecule has 0 spiro atoms. The Morgan fingerprint density at radius 2 is 2.00 bits per heavy atom. The van der Waals surface area contributed by atoms with Gasteiger partial charge in [0.15, 0.2) is 0 Å². The molecule has 1 amide bonds. The fourth-order valence-electron chi connectivity index (χ4n) is 3.56. The number of carbonyl (C=O) groups is 1. The lowest BCUT2D eigenvalue weighted by Gasteiger charge is -2.37. The first kappa shape index (κ1) is 18.5. The molecule has 1 saturated carbocycles. The van der Waals surface area contributed by atoms with E-state index in [2.05, 4.69) is 17.3 Å². The zero-order valence-electron chi connectivity index (χ0n) is 15.4. The van der Waals surface area contributed by atoms with Gasteiger partial charge in [-0.25, -0.2) is 4.68 Å². The van der Waals surface area contributed by atoms with E-state index in [4.69, 9.17) is 0 Å². The Morgan fingerprint density at radius 3 is 2.58 bits per heavy atom. The largest absolute Gasteiger partial charge is 0.393 e. The molecule has 140 valence electrons. The van der Waals surface area contributed by atoms with E-state index in [1.165, 1.54) is 4.68 Å². The van der Waals surface area contributed by atoms with Gasteiger partial charge in [-0.2, -0.15) is 0 Å². The Bertz CT molecular complexity index is 800. The highest BCUT2D eigenvalue weighted by molar-refractivity contribution is 5.94. The summed E-state index contributed by atoms with van der Waals surface area (Å²) < 4.78 is 1.50. The first-order valence-electron chi connectivity index (χ1n) is 9.42. The van der Waals surface area contributed by atoms with Crippen molar-refractivity contribution < 1.29 is 9.90 Å². The lowest BCUT2D eigenvalue weighted by atomic mass is 9.76. The van der Waals surface area contributed by atoms with E-state index in [1.54, 1.807) is 30.3 Å². The zero-order valence-corrected chi connectivity index (χ0v) is 15.4. The van der Waals surface area contributed by atoms with Crippen molar-refractivity contribution in [2.75, 3.05) is 0 Å². The highest BCUT2D eigenvalue weighted by atomic mass is 16.3. The molecule has 1 atom stereocenters. The second-order valence-corrected chi connectivity index (χ2v) is 7.13. The van der Waals surface area contributed by atoms with Crippen LogP contribution in [0.3, 0.4) is 0 Å². The minimum atomic E-state index is -0.220. The summed E-state index contributed by atoms with van der Waals surface area (Å²) in [7, 11) is 0. The Labute approximate surface area is 153 Å². The molecule has 0 radical (unpaired) electrons. The number of aliphatic hydroxyl groups excluding tert-OH is 1. The Kier molecular flexibility index (Phi) is 5.61. The topological polar surface area (TPSA) is 87.1 Å². The zero-order chi connectivity index (χ0) is 18.7. The van der Waals surface area contributed by atoms with Gasteiger partial charge in [-0.15, -0.1) is 0 Å². The van der Waals surface area contributed by atoms with Gasteiger partial charge in [-0.05, 0) is 55.9 Å². The molecule has 2 aromatic rings. The first-order chi connectivity index (χ1) is 12.5. The number of nitrogens with zero attached hydrogens (tertiary/aromatic N) is 1. The molecule has 0 bridgehead atoms. The second-order valence-electron chi connectivity index (χ2n) is 7.13. The third-order valence-electron chi connectivity index (χ3n) is 5.16. The van der Waals surface area contributed by atoms with Gasteiger partial charge in [0.25, 0.3) is 11.5 Å². The number of hydrogen-bond donors (Lipinski definition) is 3. The summed E-state index contributed by atoms with van der Waals surface area (Å²) in [5, 5.41) is 15.6. The molecule has 1 aromatic heterocycles. The van der Waals surface area contributed by atoms with Crippen molar-refractivity contribution >= 4 is 5.91 Å². The van der Waals surface area contributed by atoms with Crippen LogP contribution in [0.15, 0.2) is 35.1 Å². The van der Waals surface area contributed by atoms with Crippen LogP contribution in [0.2, 0.25) is 0 Å². The summed E-state index contributed by atoms with van der Waals surface area (Å²) in [4.78, 5) is 24.6. The van der Waals surface area contributed by atoms with Crippen LogP contribution >= 0.6 is 0 Å². The van der Waals surface area contributed by atoms with Gasteiger partial charge in [-0.3, -0.25) is 14.7 Å². The summed E-state index contributed by atoms with van der Waals surface area (Å²) in [5.41, 5.74) is 2.09. The minimum Gasteiger partial charge on any atom is -0.393 e. The number of hydrogen-bond acceptors (Lipinski definition) is 3. The summed E-state index contributed by atoms with van der Waals surface area (Å²) in [6, 6.07) is 8.73. The number of aromatic amines is 1. The maximum Gasteiger partial charge on any atom is 0.271 e. The van der Waals surface area contributed by atoms with Crippen LogP contribution < -0.4 is 10.9 Å². The molecule has 0 saturated heterocycles. The van der Waals surface area contributed by atoms with Crippen LogP contribution in [0.25, 0.3) is 5.69 Å².